The Kier molecular flexibility index (Phi) is 4.95. The van der Waals surface area contributed by atoms with E-state index < -0.39 is 5.54 Å². The highest BCUT2D eigenvalue weighted by atomic mass is 79.9. The lowest BCUT2D eigenvalue weighted by atomic mass is 9.99. The molecule has 1 aromatic carbocycles. The molecule has 0 unspecified atom stereocenters. The van der Waals surface area contributed by atoms with E-state index in [-0.39, 0.29) is 24.5 Å². The molecule has 9 heteroatoms. The molecule has 0 radical (unpaired) electrons. The molecule has 4 rings (SSSR count). The monoisotopic (exact) mass is 425 g/mol. The highest BCUT2D eigenvalue weighted by Gasteiger charge is 2.35. The normalized spacial score (nSPS) is 16.1. The van der Waals surface area contributed by atoms with Gasteiger partial charge < -0.3 is 10.3 Å². The fourth-order valence-electron chi connectivity index (χ4n) is 3.14. The molecule has 2 heterocycles. The second-order valence-corrected chi connectivity index (χ2v) is 7.13. The number of hydrogen-bond acceptors (Lipinski definition) is 6. The average molecular weight is 427 g/mol. The molecule has 2 N–H and O–H groups in total. The zero-order valence-corrected chi connectivity index (χ0v) is 15.7. The predicted octanol–water partition coefficient (Wildman–Crippen LogP) is 2.74. The number of nitrogens with two attached hydrogens (primary N) is 1. The van der Waals surface area contributed by atoms with Crippen LogP contribution in [0, 0.1) is 0 Å². The molecule has 1 aliphatic carbocycles. The van der Waals surface area contributed by atoms with Crippen LogP contribution in [0.1, 0.15) is 37.4 Å². The van der Waals surface area contributed by atoms with Crippen LogP contribution in [0.2, 0.25) is 0 Å². The van der Waals surface area contributed by atoms with E-state index in [4.69, 9.17) is 10.3 Å². The molecule has 0 amide bonds. The number of aromatic nitrogens is 4. The standard InChI is InChI=1S/C16H16BrN5O2.ClH/c17-10-3-4-12-11(7-10)14(23)22(9-19-12)8-13-20-15(21-24-13)16(18)5-1-2-6-16;/h3-4,7,9H,1-2,5-6,8,18H2;1H. The van der Waals surface area contributed by atoms with E-state index in [2.05, 4.69) is 31.1 Å². The van der Waals surface area contributed by atoms with E-state index in [0.29, 0.717) is 22.6 Å². The van der Waals surface area contributed by atoms with Crippen LogP contribution in [0.5, 0.6) is 0 Å². The summed E-state index contributed by atoms with van der Waals surface area (Å²) < 4.78 is 7.59. The van der Waals surface area contributed by atoms with Crippen molar-refractivity contribution >= 4 is 39.2 Å². The molecule has 0 spiro atoms. The Labute approximate surface area is 158 Å². The molecule has 132 valence electrons. The Bertz CT molecular complexity index is 965. The Morgan fingerprint density at radius 1 is 1.32 bits per heavy atom. The third kappa shape index (κ3) is 3.33. The van der Waals surface area contributed by atoms with Crippen LogP contribution in [-0.4, -0.2) is 19.7 Å². The summed E-state index contributed by atoms with van der Waals surface area (Å²) >= 11 is 3.37. The van der Waals surface area contributed by atoms with Crippen LogP contribution in [0.3, 0.4) is 0 Å². The summed E-state index contributed by atoms with van der Waals surface area (Å²) in [5, 5.41) is 4.56. The minimum Gasteiger partial charge on any atom is -0.337 e. The average Bonchev–Trinajstić information content (AvgIpc) is 3.21. The summed E-state index contributed by atoms with van der Waals surface area (Å²) in [6.45, 7) is 0.178. The summed E-state index contributed by atoms with van der Waals surface area (Å²) in [7, 11) is 0. The summed E-state index contributed by atoms with van der Waals surface area (Å²) in [4.78, 5) is 21.3. The summed E-state index contributed by atoms with van der Waals surface area (Å²) in [6.07, 6.45) is 5.36. The van der Waals surface area contributed by atoms with Crippen molar-refractivity contribution in [1.82, 2.24) is 19.7 Å². The Balaban J connectivity index is 0.00000182. The van der Waals surface area contributed by atoms with Gasteiger partial charge in [0.2, 0.25) is 5.89 Å². The van der Waals surface area contributed by atoms with E-state index in [1.807, 2.05) is 6.07 Å². The van der Waals surface area contributed by atoms with Crippen LogP contribution in [0.15, 0.2) is 38.3 Å². The van der Waals surface area contributed by atoms with Crippen LogP contribution >= 0.6 is 28.3 Å². The van der Waals surface area contributed by atoms with Crippen molar-refractivity contribution in [3.05, 3.63) is 51.1 Å². The third-order valence-corrected chi connectivity index (χ3v) is 4.99. The second-order valence-electron chi connectivity index (χ2n) is 6.21. The Morgan fingerprint density at radius 2 is 2.08 bits per heavy atom. The van der Waals surface area contributed by atoms with E-state index in [0.717, 1.165) is 30.2 Å². The first-order valence-electron chi connectivity index (χ1n) is 7.82. The maximum absolute atomic E-state index is 12.6. The zero-order chi connectivity index (χ0) is 16.7. The van der Waals surface area contributed by atoms with E-state index in [1.165, 1.54) is 10.9 Å². The van der Waals surface area contributed by atoms with Crippen molar-refractivity contribution < 1.29 is 4.52 Å². The molecule has 0 saturated heterocycles. The van der Waals surface area contributed by atoms with Crippen molar-refractivity contribution in [2.24, 2.45) is 5.73 Å². The minimum atomic E-state index is -0.501. The van der Waals surface area contributed by atoms with Gasteiger partial charge in [0.05, 0.1) is 22.8 Å². The summed E-state index contributed by atoms with van der Waals surface area (Å²) in [5.74, 6) is 0.888. The van der Waals surface area contributed by atoms with E-state index in [9.17, 15) is 4.79 Å². The summed E-state index contributed by atoms with van der Waals surface area (Å²) in [6, 6.07) is 5.41. The van der Waals surface area contributed by atoms with E-state index in [1.54, 1.807) is 12.1 Å². The molecule has 1 aliphatic rings. The molecule has 2 aromatic heterocycles. The first-order valence-corrected chi connectivity index (χ1v) is 8.61. The SMILES string of the molecule is Cl.NC1(c2noc(Cn3cnc4ccc(Br)cc4c3=O)n2)CCCC1. The number of hydrogen-bond donors (Lipinski definition) is 1. The van der Waals surface area contributed by atoms with E-state index >= 15 is 0 Å². The van der Waals surface area contributed by atoms with Crippen LogP contribution in [-0.2, 0) is 12.1 Å². The molecule has 1 fully saturated rings. The highest BCUT2D eigenvalue weighted by Crippen LogP contribution is 2.34. The van der Waals surface area contributed by atoms with Gasteiger partial charge in [-0.3, -0.25) is 9.36 Å². The van der Waals surface area contributed by atoms with Crippen LogP contribution < -0.4 is 11.3 Å². The van der Waals surface area contributed by atoms with Gasteiger partial charge in [-0.2, -0.15) is 4.98 Å². The van der Waals surface area contributed by atoms with Gasteiger partial charge in [0.15, 0.2) is 5.82 Å². The lowest BCUT2D eigenvalue weighted by Gasteiger charge is -2.17. The van der Waals surface area contributed by atoms with Crippen molar-refractivity contribution in [3.8, 4) is 0 Å². The molecule has 25 heavy (non-hydrogen) atoms. The van der Waals surface area contributed by atoms with Crippen molar-refractivity contribution in [2.75, 3.05) is 0 Å². The third-order valence-electron chi connectivity index (χ3n) is 4.50. The zero-order valence-electron chi connectivity index (χ0n) is 13.3. The van der Waals surface area contributed by atoms with Crippen molar-refractivity contribution in [3.63, 3.8) is 0 Å². The van der Waals surface area contributed by atoms with Gasteiger partial charge in [0, 0.05) is 4.47 Å². The van der Waals surface area contributed by atoms with Gasteiger partial charge in [0.1, 0.15) is 6.54 Å². The quantitative estimate of drug-likeness (QED) is 0.691. The maximum Gasteiger partial charge on any atom is 0.261 e. The first kappa shape index (κ1) is 18.0. The highest BCUT2D eigenvalue weighted by molar-refractivity contribution is 9.10. The molecule has 0 atom stereocenters. The lowest BCUT2D eigenvalue weighted by molar-refractivity contribution is 0.343. The van der Waals surface area contributed by atoms with Crippen LogP contribution in [0.25, 0.3) is 10.9 Å². The lowest BCUT2D eigenvalue weighted by Crippen LogP contribution is -2.34. The fourth-order valence-corrected chi connectivity index (χ4v) is 3.50. The number of fused-ring (bicyclic) bond motifs is 1. The largest absolute Gasteiger partial charge is 0.337 e. The second kappa shape index (κ2) is 6.86. The molecule has 0 aliphatic heterocycles. The number of rotatable bonds is 3. The number of halogens is 2. The topological polar surface area (TPSA) is 99.8 Å². The van der Waals surface area contributed by atoms with Gasteiger partial charge in [-0.1, -0.05) is 33.9 Å². The van der Waals surface area contributed by atoms with Crippen LogP contribution in [0.4, 0.5) is 0 Å². The minimum absolute atomic E-state index is 0. The van der Waals surface area contributed by atoms with Crippen molar-refractivity contribution in [1.29, 1.82) is 0 Å². The number of nitrogens with zero attached hydrogens (tertiary/aromatic N) is 4. The molecule has 7 nitrogen and oxygen atoms in total. The van der Waals surface area contributed by atoms with Gasteiger partial charge in [-0.05, 0) is 31.0 Å². The van der Waals surface area contributed by atoms with Gasteiger partial charge in [0.25, 0.3) is 5.56 Å². The summed E-state index contributed by atoms with van der Waals surface area (Å²) in [5.41, 5.74) is 6.34. The number of benzene rings is 1. The fraction of sp³-hybridized carbons (Fsp3) is 0.375. The Morgan fingerprint density at radius 3 is 2.84 bits per heavy atom. The van der Waals surface area contributed by atoms with Crippen molar-refractivity contribution in [2.45, 2.75) is 37.8 Å². The molecule has 0 bridgehead atoms. The van der Waals surface area contributed by atoms with Gasteiger partial charge in [-0.25, -0.2) is 4.98 Å². The predicted molar refractivity (Wildman–Crippen MR) is 98.7 cm³/mol. The maximum atomic E-state index is 12.6. The molecule has 1 saturated carbocycles. The Hall–Kier alpha value is -1.77. The molecule has 3 aromatic rings. The van der Waals surface area contributed by atoms with Gasteiger partial charge >= 0.3 is 0 Å². The van der Waals surface area contributed by atoms with Gasteiger partial charge in [-0.15, -0.1) is 12.4 Å². The first-order chi connectivity index (χ1) is 11.5. The molecular formula is C16H17BrClN5O2. The molecular weight excluding hydrogens is 410 g/mol. The smallest absolute Gasteiger partial charge is 0.261 e.